The predicted molar refractivity (Wildman–Crippen MR) is 84.6 cm³/mol. The second-order valence-corrected chi connectivity index (χ2v) is 4.66. The predicted octanol–water partition coefficient (Wildman–Crippen LogP) is 2.54. The summed E-state index contributed by atoms with van der Waals surface area (Å²) >= 11 is 5.96. The SMILES string of the molecule is CCCn1c(C(=O)N=C(N)N)cc2cc(Cl)ccc21.Cl. The number of rotatable bonds is 3. The molecule has 0 aliphatic rings. The Labute approximate surface area is 128 Å². The van der Waals surface area contributed by atoms with Crippen LogP contribution in [0.15, 0.2) is 29.3 Å². The van der Waals surface area contributed by atoms with Gasteiger partial charge in [-0.05, 0) is 30.7 Å². The molecule has 2 aromatic rings. The third-order valence-corrected chi connectivity index (χ3v) is 3.00. The number of carbonyl (C=O) groups is 1. The zero-order chi connectivity index (χ0) is 14.0. The van der Waals surface area contributed by atoms with Crippen LogP contribution in [0.1, 0.15) is 23.8 Å². The Bertz CT molecular complexity index is 660. The standard InChI is InChI=1S/C13H15ClN4O.ClH/c1-2-5-18-10-4-3-9(14)6-8(10)7-11(18)12(19)17-13(15)16;/h3-4,6-7H,2,5H2,1H3,(H4,15,16,17,19);1H. The fourth-order valence-electron chi connectivity index (χ4n) is 2.06. The van der Waals surface area contributed by atoms with Gasteiger partial charge in [-0.15, -0.1) is 12.4 Å². The van der Waals surface area contributed by atoms with E-state index in [2.05, 4.69) is 4.99 Å². The van der Waals surface area contributed by atoms with E-state index >= 15 is 0 Å². The van der Waals surface area contributed by atoms with Gasteiger partial charge < -0.3 is 16.0 Å². The van der Waals surface area contributed by atoms with Gasteiger partial charge in [0.25, 0.3) is 5.91 Å². The minimum atomic E-state index is -0.444. The molecule has 0 saturated heterocycles. The third-order valence-electron chi connectivity index (χ3n) is 2.76. The highest BCUT2D eigenvalue weighted by Crippen LogP contribution is 2.24. The first-order valence-electron chi connectivity index (χ1n) is 5.95. The van der Waals surface area contributed by atoms with Gasteiger partial charge >= 0.3 is 0 Å². The number of aliphatic imine (C=N–C) groups is 1. The molecule has 20 heavy (non-hydrogen) atoms. The first-order valence-corrected chi connectivity index (χ1v) is 6.33. The van der Waals surface area contributed by atoms with Crippen LogP contribution in [0.3, 0.4) is 0 Å². The van der Waals surface area contributed by atoms with Crippen molar-refractivity contribution in [3.8, 4) is 0 Å². The van der Waals surface area contributed by atoms with Crippen molar-refractivity contribution in [2.24, 2.45) is 16.5 Å². The Hall–Kier alpha value is -1.72. The van der Waals surface area contributed by atoms with Crippen LogP contribution in [-0.4, -0.2) is 16.4 Å². The molecule has 7 heteroatoms. The number of nitrogens with zero attached hydrogens (tertiary/aromatic N) is 2. The van der Waals surface area contributed by atoms with Gasteiger partial charge in [0.2, 0.25) is 0 Å². The Morgan fingerprint density at radius 1 is 1.35 bits per heavy atom. The van der Waals surface area contributed by atoms with Crippen LogP contribution in [-0.2, 0) is 6.54 Å². The number of fused-ring (bicyclic) bond motifs is 1. The van der Waals surface area contributed by atoms with Gasteiger partial charge in [0.05, 0.1) is 0 Å². The molecule has 1 amide bonds. The molecule has 5 nitrogen and oxygen atoms in total. The number of benzene rings is 1. The Morgan fingerprint density at radius 2 is 2.05 bits per heavy atom. The van der Waals surface area contributed by atoms with Crippen LogP contribution in [0.25, 0.3) is 10.9 Å². The van der Waals surface area contributed by atoms with Crippen LogP contribution in [0.2, 0.25) is 5.02 Å². The number of nitrogens with two attached hydrogens (primary N) is 2. The van der Waals surface area contributed by atoms with Crippen LogP contribution in [0.4, 0.5) is 0 Å². The summed E-state index contributed by atoms with van der Waals surface area (Å²) in [4.78, 5) is 15.6. The van der Waals surface area contributed by atoms with E-state index < -0.39 is 5.91 Å². The monoisotopic (exact) mass is 314 g/mol. The number of guanidine groups is 1. The van der Waals surface area contributed by atoms with Gasteiger partial charge in [-0.2, -0.15) is 4.99 Å². The van der Waals surface area contributed by atoms with Crippen molar-refractivity contribution in [2.45, 2.75) is 19.9 Å². The largest absolute Gasteiger partial charge is 0.370 e. The molecule has 0 spiro atoms. The number of hydrogen-bond acceptors (Lipinski definition) is 1. The summed E-state index contributed by atoms with van der Waals surface area (Å²) in [5, 5.41) is 1.53. The summed E-state index contributed by atoms with van der Waals surface area (Å²) < 4.78 is 1.90. The number of aromatic nitrogens is 1. The van der Waals surface area contributed by atoms with Crippen LogP contribution in [0.5, 0.6) is 0 Å². The maximum absolute atomic E-state index is 12.0. The highest BCUT2D eigenvalue weighted by Gasteiger charge is 2.15. The molecule has 0 aliphatic heterocycles. The molecular weight excluding hydrogens is 299 g/mol. The fraction of sp³-hybridized carbons (Fsp3) is 0.231. The molecule has 108 valence electrons. The molecule has 1 aromatic carbocycles. The second kappa shape index (κ2) is 6.63. The second-order valence-electron chi connectivity index (χ2n) is 4.23. The van der Waals surface area contributed by atoms with E-state index in [9.17, 15) is 4.79 Å². The zero-order valence-corrected chi connectivity index (χ0v) is 12.5. The smallest absolute Gasteiger partial charge is 0.296 e. The van der Waals surface area contributed by atoms with Gasteiger partial charge in [0.15, 0.2) is 5.96 Å². The van der Waals surface area contributed by atoms with Crippen molar-refractivity contribution in [2.75, 3.05) is 0 Å². The van der Waals surface area contributed by atoms with Crippen molar-refractivity contribution in [1.82, 2.24) is 4.57 Å². The van der Waals surface area contributed by atoms with E-state index in [4.69, 9.17) is 23.1 Å². The molecule has 0 fully saturated rings. The average molecular weight is 315 g/mol. The molecule has 1 aromatic heterocycles. The third kappa shape index (κ3) is 3.23. The molecule has 0 radical (unpaired) electrons. The quantitative estimate of drug-likeness (QED) is 0.674. The minimum absolute atomic E-state index is 0. The lowest BCUT2D eigenvalue weighted by atomic mass is 10.2. The Morgan fingerprint density at radius 3 is 2.65 bits per heavy atom. The van der Waals surface area contributed by atoms with E-state index in [1.165, 1.54) is 0 Å². The summed E-state index contributed by atoms with van der Waals surface area (Å²) in [6, 6.07) is 7.26. The van der Waals surface area contributed by atoms with Gasteiger partial charge in [-0.3, -0.25) is 4.79 Å². The summed E-state index contributed by atoms with van der Waals surface area (Å²) in [6.07, 6.45) is 0.897. The van der Waals surface area contributed by atoms with Crippen LogP contribution < -0.4 is 11.5 Å². The Balaban J connectivity index is 0.00000200. The van der Waals surface area contributed by atoms with E-state index in [1.54, 1.807) is 12.1 Å². The van der Waals surface area contributed by atoms with Gasteiger partial charge in [0, 0.05) is 22.5 Å². The lowest BCUT2D eigenvalue weighted by molar-refractivity contribution is 0.0994. The number of halogens is 2. The van der Waals surface area contributed by atoms with Gasteiger partial charge in [-0.25, -0.2) is 0 Å². The lowest BCUT2D eigenvalue weighted by Crippen LogP contribution is -2.24. The summed E-state index contributed by atoms with van der Waals surface area (Å²) in [6.45, 7) is 2.75. The highest BCUT2D eigenvalue weighted by molar-refractivity contribution is 6.31. The van der Waals surface area contributed by atoms with Crippen LogP contribution >= 0.6 is 24.0 Å². The molecule has 0 saturated carbocycles. The van der Waals surface area contributed by atoms with Gasteiger partial charge in [-0.1, -0.05) is 18.5 Å². The van der Waals surface area contributed by atoms with E-state index in [-0.39, 0.29) is 18.4 Å². The lowest BCUT2D eigenvalue weighted by Gasteiger charge is -2.06. The number of aryl methyl sites for hydroxylation is 1. The van der Waals surface area contributed by atoms with Crippen molar-refractivity contribution in [1.29, 1.82) is 0 Å². The fourth-order valence-corrected chi connectivity index (χ4v) is 2.24. The molecule has 2 rings (SSSR count). The number of carbonyl (C=O) groups excluding carboxylic acids is 1. The summed E-state index contributed by atoms with van der Waals surface area (Å²) in [5.74, 6) is -0.683. The molecule has 0 atom stereocenters. The van der Waals surface area contributed by atoms with Crippen LogP contribution in [0, 0.1) is 0 Å². The first kappa shape index (κ1) is 16.3. The molecule has 0 aliphatic carbocycles. The van der Waals surface area contributed by atoms with E-state index in [1.807, 2.05) is 23.6 Å². The zero-order valence-electron chi connectivity index (χ0n) is 11.0. The minimum Gasteiger partial charge on any atom is -0.370 e. The first-order chi connectivity index (χ1) is 9.02. The van der Waals surface area contributed by atoms with E-state index in [0.717, 1.165) is 17.3 Å². The number of amides is 1. The van der Waals surface area contributed by atoms with Crippen molar-refractivity contribution in [3.63, 3.8) is 0 Å². The average Bonchev–Trinajstić information content (AvgIpc) is 2.67. The highest BCUT2D eigenvalue weighted by atomic mass is 35.5. The molecule has 0 unspecified atom stereocenters. The molecule has 0 bridgehead atoms. The maximum Gasteiger partial charge on any atom is 0.296 e. The van der Waals surface area contributed by atoms with Crippen molar-refractivity contribution < 1.29 is 4.79 Å². The van der Waals surface area contributed by atoms with Gasteiger partial charge in [0.1, 0.15) is 5.69 Å². The molecule has 1 heterocycles. The number of hydrogen-bond donors (Lipinski definition) is 2. The summed E-state index contributed by atoms with van der Waals surface area (Å²) in [7, 11) is 0. The van der Waals surface area contributed by atoms with Crippen molar-refractivity contribution >= 4 is 46.8 Å². The topological polar surface area (TPSA) is 86.4 Å². The maximum atomic E-state index is 12.0. The van der Waals surface area contributed by atoms with Crippen molar-refractivity contribution in [3.05, 3.63) is 35.0 Å². The Kier molecular flexibility index (Phi) is 5.42. The normalized spacial score (nSPS) is 10.1. The van der Waals surface area contributed by atoms with E-state index in [0.29, 0.717) is 17.3 Å². The molecule has 4 N–H and O–H groups in total. The summed E-state index contributed by atoms with van der Waals surface area (Å²) in [5.41, 5.74) is 11.9. The molecular formula is C13H16Cl2N4O.